The summed E-state index contributed by atoms with van der Waals surface area (Å²) < 4.78 is 0.666. The van der Waals surface area contributed by atoms with Crippen LogP contribution in [0.4, 0.5) is 10.8 Å². The lowest BCUT2D eigenvalue weighted by atomic mass is 10.1. The molecule has 10 heteroatoms. The third-order valence-corrected chi connectivity index (χ3v) is 7.45. The summed E-state index contributed by atoms with van der Waals surface area (Å²) in [6.07, 6.45) is 1.05. The van der Waals surface area contributed by atoms with Crippen molar-refractivity contribution in [3.05, 3.63) is 65.2 Å². The molecule has 1 aliphatic heterocycles. The van der Waals surface area contributed by atoms with Crippen LogP contribution in [0.3, 0.4) is 0 Å². The third kappa shape index (κ3) is 6.93. The summed E-state index contributed by atoms with van der Waals surface area (Å²) in [5.41, 5.74) is 2.20. The van der Waals surface area contributed by atoms with E-state index in [1.807, 2.05) is 59.5 Å². The van der Waals surface area contributed by atoms with Crippen LogP contribution in [0.2, 0.25) is 5.02 Å². The summed E-state index contributed by atoms with van der Waals surface area (Å²) in [7, 11) is 0. The molecule has 2 amide bonds. The Morgan fingerprint density at radius 3 is 2.58 bits per heavy atom. The number of thioether (sulfide) groups is 1. The SMILES string of the molecule is O=C(CCc1ccccc1)Nc1nnc(SCC(=O)N2CCN(c3cccc(Cl)c3)CC2)s1. The topological polar surface area (TPSA) is 78.4 Å². The number of hydrogen-bond donors (Lipinski definition) is 1. The van der Waals surface area contributed by atoms with Gasteiger partial charge in [0.15, 0.2) is 4.34 Å². The maximum Gasteiger partial charge on any atom is 0.233 e. The lowest BCUT2D eigenvalue weighted by Gasteiger charge is -2.36. The molecule has 0 atom stereocenters. The van der Waals surface area contributed by atoms with E-state index in [1.54, 1.807) is 0 Å². The van der Waals surface area contributed by atoms with Gasteiger partial charge >= 0.3 is 0 Å². The Hall–Kier alpha value is -2.62. The van der Waals surface area contributed by atoms with Crippen molar-refractivity contribution in [2.24, 2.45) is 0 Å². The number of carbonyl (C=O) groups excluding carboxylic acids is 2. The maximum atomic E-state index is 12.6. The molecule has 1 aromatic heterocycles. The minimum atomic E-state index is -0.0970. The largest absolute Gasteiger partial charge is 0.368 e. The minimum Gasteiger partial charge on any atom is -0.368 e. The Morgan fingerprint density at radius 1 is 1.03 bits per heavy atom. The number of hydrogen-bond acceptors (Lipinski definition) is 7. The summed E-state index contributed by atoms with van der Waals surface area (Å²) in [6, 6.07) is 17.7. The molecule has 0 spiro atoms. The van der Waals surface area contributed by atoms with E-state index in [-0.39, 0.29) is 11.8 Å². The second kappa shape index (κ2) is 11.5. The van der Waals surface area contributed by atoms with Gasteiger partial charge in [-0.1, -0.05) is 71.1 Å². The van der Waals surface area contributed by atoms with Crippen molar-refractivity contribution in [3.8, 4) is 0 Å². The number of carbonyl (C=O) groups is 2. The van der Waals surface area contributed by atoms with Gasteiger partial charge in [-0.15, -0.1) is 10.2 Å². The van der Waals surface area contributed by atoms with Gasteiger partial charge in [0.1, 0.15) is 0 Å². The quantitative estimate of drug-likeness (QED) is 0.368. The summed E-state index contributed by atoms with van der Waals surface area (Å²) in [4.78, 5) is 28.9. The summed E-state index contributed by atoms with van der Waals surface area (Å²) in [5, 5.41) is 12.1. The number of aryl methyl sites for hydroxylation is 1. The molecule has 0 saturated carbocycles. The highest BCUT2D eigenvalue weighted by atomic mass is 35.5. The normalized spacial score (nSPS) is 13.7. The molecule has 1 fully saturated rings. The monoisotopic (exact) mass is 501 g/mol. The molecule has 0 aliphatic carbocycles. The molecule has 172 valence electrons. The number of amides is 2. The number of nitrogens with zero attached hydrogens (tertiary/aromatic N) is 4. The Balaban J connectivity index is 1.18. The van der Waals surface area contributed by atoms with Gasteiger partial charge in [-0.2, -0.15) is 0 Å². The van der Waals surface area contributed by atoms with Crippen LogP contribution in [0.15, 0.2) is 58.9 Å². The number of piperazine rings is 1. The molecule has 0 unspecified atom stereocenters. The van der Waals surface area contributed by atoms with Crippen molar-refractivity contribution in [2.75, 3.05) is 42.1 Å². The number of aromatic nitrogens is 2. The van der Waals surface area contributed by atoms with Gasteiger partial charge in [0.05, 0.1) is 5.75 Å². The lowest BCUT2D eigenvalue weighted by Crippen LogP contribution is -2.49. The first-order chi connectivity index (χ1) is 16.1. The molecule has 7 nitrogen and oxygen atoms in total. The molecule has 0 bridgehead atoms. The maximum absolute atomic E-state index is 12.6. The van der Waals surface area contributed by atoms with E-state index < -0.39 is 0 Å². The molecule has 0 radical (unpaired) electrons. The van der Waals surface area contributed by atoms with Gasteiger partial charge in [0, 0.05) is 43.3 Å². The Labute approximate surface area is 206 Å². The van der Waals surface area contributed by atoms with Crippen LogP contribution in [-0.4, -0.2) is 58.8 Å². The van der Waals surface area contributed by atoms with Crippen LogP contribution in [0, 0.1) is 0 Å². The highest BCUT2D eigenvalue weighted by Gasteiger charge is 2.22. The van der Waals surface area contributed by atoms with Gasteiger partial charge < -0.3 is 15.1 Å². The molecule has 1 saturated heterocycles. The second-order valence-electron chi connectivity index (χ2n) is 7.54. The van der Waals surface area contributed by atoms with Crippen LogP contribution in [0.5, 0.6) is 0 Å². The van der Waals surface area contributed by atoms with Crippen molar-refractivity contribution in [1.29, 1.82) is 0 Å². The van der Waals surface area contributed by atoms with Crippen molar-refractivity contribution in [2.45, 2.75) is 17.2 Å². The molecular weight excluding hydrogens is 478 g/mol. The standard InChI is InChI=1S/C23H24ClN5O2S2/c24-18-7-4-8-19(15-18)28-11-13-29(14-12-28)21(31)16-32-23-27-26-22(33-23)25-20(30)10-9-17-5-2-1-3-6-17/h1-8,15H,9-14,16H2,(H,25,26,30). The predicted octanol–water partition coefficient (Wildman–Crippen LogP) is 4.20. The van der Waals surface area contributed by atoms with Crippen LogP contribution in [0.25, 0.3) is 0 Å². The van der Waals surface area contributed by atoms with Crippen LogP contribution in [-0.2, 0) is 16.0 Å². The molecule has 3 aromatic rings. The molecular formula is C23H24ClN5O2S2. The summed E-state index contributed by atoms with van der Waals surface area (Å²) in [6.45, 7) is 2.89. The lowest BCUT2D eigenvalue weighted by molar-refractivity contribution is -0.128. The zero-order valence-electron chi connectivity index (χ0n) is 17.9. The Bertz CT molecular complexity index is 1090. The van der Waals surface area contributed by atoms with E-state index in [2.05, 4.69) is 20.4 Å². The predicted molar refractivity (Wildman–Crippen MR) is 134 cm³/mol. The average molecular weight is 502 g/mol. The first kappa shape index (κ1) is 23.5. The molecule has 1 N–H and O–H groups in total. The van der Waals surface area contributed by atoms with Crippen molar-refractivity contribution in [3.63, 3.8) is 0 Å². The van der Waals surface area contributed by atoms with E-state index in [0.29, 0.717) is 46.2 Å². The molecule has 33 heavy (non-hydrogen) atoms. The third-order valence-electron chi connectivity index (χ3n) is 5.26. The van der Waals surface area contributed by atoms with E-state index in [1.165, 1.54) is 23.1 Å². The number of benzene rings is 2. The van der Waals surface area contributed by atoms with Crippen LogP contribution < -0.4 is 10.2 Å². The molecule has 2 heterocycles. The smallest absolute Gasteiger partial charge is 0.233 e. The fourth-order valence-corrected chi connectivity index (χ4v) is 5.36. The van der Waals surface area contributed by atoms with Crippen molar-refractivity contribution in [1.82, 2.24) is 15.1 Å². The fourth-order valence-electron chi connectivity index (χ4n) is 3.50. The molecule has 2 aromatic carbocycles. The summed E-state index contributed by atoms with van der Waals surface area (Å²) in [5.74, 6) is 0.280. The van der Waals surface area contributed by atoms with E-state index >= 15 is 0 Å². The van der Waals surface area contributed by atoms with Gasteiger partial charge in [-0.05, 0) is 30.2 Å². The van der Waals surface area contributed by atoms with Gasteiger partial charge in [-0.3, -0.25) is 9.59 Å². The average Bonchev–Trinajstić information content (AvgIpc) is 3.29. The first-order valence-corrected chi connectivity index (χ1v) is 12.8. The fraction of sp³-hybridized carbons (Fsp3) is 0.304. The minimum absolute atomic E-state index is 0.0781. The van der Waals surface area contributed by atoms with Crippen LogP contribution in [0.1, 0.15) is 12.0 Å². The van der Waals surface area contributed by atoms with Gasteiger partial charge in [0.2, 0.25) is 16.9 Å². The highest BCUT2D eigenvalue weighted by molar-refractivity contribution is 8.01. The van der Waals surface area contributed by atoms with E-state index in [0.717, 1.165) is 24.3 Å². The Kier molecular flexibility index (Phi) is 8.20. The number of nitrogens with one attached hydrogen (secondary N) is 1. The zero-order chi connectivity index (χ0) is 23.0. The number of anilines is 2. The number of halogens is 1. The van der Waals surface area contributed by atoms with E-state index in [9.17, 15) is 9.59 Å². The second-order valence-corrected chi connectivity index (χ2v) is 10.2. The van der Waals surface area contributed by atoms with Crippen LogP contribution >= 0.6 is 34.7 Å². The van der Waals surface area contributed by atoms with E-state index in [4.69, 9.17) is 11.6 Å². The van der Waals surface area contributed by atoms with Crippen molar-refractivity contribution < 1.29 is 9.59 Å². The van der Waals surface area contributed by atoms with Gasteiger partial charge in [-0.25, -0.2) is 0 Å². The first-order valence-electron chi connectivity index (χ1n) is 10.7. The van der Waals surface area contributed by atoms with Crippen molar-refractivity contribution >= 4 is 57.3 Å². The molecule has 4 rings (SSSR count). The highest BCUT2D eigenvalue weighted by Crippen LogP contribution is 2.26. The molecule has 1 aliphatic rings. The summed E-state index contributed by atoms with van der Waals surface area (Å²) >= 11 is 8.72. The zero-order valence-corrected chi connectivity index (χ0v) is 20.3. The van der Waals surface area contributed by atoms with Gasteiger partial charge in [0.25, 0.3) is 0 Å². The number of rotatable bonds is 8. The Morgan fingerprint density at radius 2 is 1.82 bits per heavy atom.